The van der Waals surface area contributed by atoms with E-state index < -0.39 is 0 Å². The molecular weight excluding hydrogens is 392 g/mol. The maximum Gasteiger partial charge on any atom is 0.251 e. The largest absolute Gasteiger partial charge is 0.342 e. The predicted molar refractivity (Wildman–Crippen MR) is 114 cm³/mol. The van der Waals surface area contributed by atoms with Gasteiger partial charge in [-0.1, -0.05) is 67.5 Å². The van der Waals surface area contributed by atoms with Crippen molar-refractivity contribution in [1.82, 2.24) is 20.1 Å². The van der Waals surface area contributed by atoms with Crippen LogP contribution in [0.1, 0.15) is 41.6 Å². The normalized spacial score (nSPS) is 12.2. The highest BCUT2D eigenvalue weighted by Crippen LogP contribution is 2.26. The maximum atomic E-state index is 12.6. The van der Waals surface area contributed by atoms with E-state index in [0.717, 1.165) is 27.3 Å². The molecule has 2 aromatic carbocycles. The van der Waals surface area contributed by atoms with Gasteiger partial charge < -0.3 is 9.88 Å². The van der Waals surface area contributed by atoms with Crippen molar-refractivity contribution >= 4 is 29.3 Å². The van der Waals surface area contributed by atoms with Crippen LogP contribution < -0.4 is 5.32 Å². The Bertz CT molecular complexity index is 925. The number of nitrogens with zero attached hydrogens (tertiary/aromatic N) is 3. The summed E-state index contributed by atoms with van der Waals surface area (Å²) in [4.78, 5) is 12.6. The Morgan fingerprint density at radius 2 is 1.79 bits per heavy atom. The Hall–Kier alpha value is -2.31. The number of hydrogen-bond donors (Lipinski definition) is 1. The summed E-state index contributed by atoms with van der Waals surface area (Å²) in [6, 6.07) is 16.8. The van der Waals surface area contributed by atoms with E-state index in [1.54, 1.807) is 23.9 Å². The lowest BCUT2D eigenvalue weighted by molar-refractivity contribution is 0.0922. The molecule has 1 N–H and O–H groups in total. The number of halogens is 1. The Morgan fingerprint density at radius 1 is 1.11 bits per heavy atom. The van der Waals surface area contributed by atoms with E-state index in [1.807, 2.05) is 54.1 Å². The molecule has 0 radical (unpaired) electrons. The minimum Gasteiger partial charge on any atom is -0.342 e. The molecule has 0 unspecified atom stereocenters. The summed E-state index contributed by atoms with van der Waals surface area (Å²) in [5.41, 5.74) is 1.80. The van der Waals surface area contributed by atoms with Crippen LogP contribution in [0.3, 0.4) is 0 Å². The monoisotopic (exact) mass is 414 g/mol. The molecule has 0 spiro atoms. The molecular formula is C21H23ClN4OS. The number of carbonyl (C=O) groups is 1. The van der Waals surface area contributed by atoms with Crippen molar-refractivity contribution in [2.45, 2.75) is 30.8 Å². The first-order valence-electron chi connectivity index (χ1n) is 9.08. The lowest BCUT2D eigenvalue weighted by atomic mass is 10.0. The van der Waals surface area contributed by atoms with Crippen molar-refractivity contribution in [1.29, 1.82) is 0 Å². The Kier molecular flexibility index (Phi) is 6.75. The SMILES string of the molecule is CC(C)[C@@H](NC(=O)c1ccccc1)c1nnc(SCc2ccc(Cl)cc2)n1C. The van der Waals surface area contributed by atoms with Crippen LogP contribution in [0.15, 0.2) is 59.8 Å². The third kappa shape index (κ3) is 4.94. The van der Waals surface area contributed by atoms with Crippen LogP contribution >= 0.6 is 23.4 Å². The molecule has 0 aliphatic carbocycles. The zero-order valence-electron chi connectivity index (χ0n) is 16.1. The fraction of sp³-hybridized carbons (Fsp3) is 0.286. The van der Waals surface area contributed by atoms with Gasteiger partial charge in [0.05, 0.1) is 6.04 Å². The number of amides is 1. The van der Waals surface area contributed by atoms with Crippen LogP contribution in [0.2, 0.25) is 5.02 Å². The summed E-state index contributed by atoms with van der Waals surface area (Å²) in [5.74, 6) is 1.58. The van der Waals surface area contributed by atoms with E-state index in [-0.39, 0.29) is 17.9 Å². The summed E-state index contributed by atoms with van der Waals surface area (Å²) in [6.45, 7) is 4.12. The molecule has 0 saturated heterocycles. The minimum atomic E-state index is -0.227. The second-order valence-corrected chi connectivity index (χ2v) is 8.26. The number of nitrogens with one attached hydrogen (secondary N) is 1. The van der Waals surface area contributed by atoms with Gasteiger partial charge in [-0.25, -0.2) is 0 Å². The molecule has 1 amide bonds. The first-order valence-corrected chi connectivity index (χ1v) is 10.4. The highest BCUT2D eigenvalue weighted by atomic mass is 35.5. The Balaban J connectivity index is 1.73. The number of hydrogen-bond acceptors (Lipinski definition) is 4. The second kappa shape index (κ2) is 9.26. The molecule has 0 bridgehead atoms. The highest BCUT2D eigenvalue weighted by molar-refractivity contribution is 7.98. The molecule has 1 heterocycles. The van der Waals surface area contributed by atoms with E-state index in [9.17, 15) is 4.79 Å². The van der Waals surface area contributed by atoms with Crippen LogP contribution in [0.4, 0.5) is 0 Å². The van der Waals surface area contributed by atoms with E-state index in [0.29, 0.717) is 5.56 Å². The van der Waals surface area contributed by atoms with Crippen LogP contribution in [0.5, 0.6) is 0 Å². The van der Waals surface area contributed by atoms with Crippen molar-refractivity contribution in [2.24, 2.45) is 13.0 Å². The predicted octanol–water partition coefficient (Wildman–Crippen LogP) is 4.89. The lowest BCUT2D eigenvalue weighted by Gasteiger charge is -2.21. The molecule has 1 aromatic heterocycles. The molecule has 3 aromatic rings. The summed E-state index contributed by atoms with van der Waals surface area (Å²) >= 11 is 7.54. The summed E-state index contributed by atoms with van der Waals surface area (Å²) in [6.07, 6.45) is 0. The van der Waals surface area contributed by atoms with Crippen molar-refractivity contribution in [2.75, 3.05) is 0 Å². The third-order valence-electron chi connectivity index (χ3n) is 4.42. The highest BCUT2D eigenvalue weighted by Gasteiger charge is 2.25. The summed E-state index contributed by atoms with van der Waals surface area (Å²) in [7, 11) is 1.93. The van der Waals surface area contributed by atoms with Gasteiger partial charge in [0.2, 0.25) is 0 Å². The summed E-state index contributed by atoms with van der Waals surface area (Å²) < 4.78 is 1.95. The van der Waals surface area contributed by atoms with E-state index in [2.05, 4.69) is 29.4 Å². The van der Waals surface area contributed by atoms with Crippen LogP contribution in [0.25, 0.3) is 0 Å². The van der Waals surface area contributed by atoms with Gasteiger partial charge >= 0.3 is 0 Å². The number of carbonyl (C=O) groups excluding carboxylic acids is 1. The number of rotatable bonds is 7. The zero-order chi connectivity index (χ0) is 20.1. The van der Waals surface area contributed by atoms with Crippen molar-refractivity contribution in [3.63, 3.8) is 0 Å². The third-order valence-corrected chi connectivity index (χ3v) is 5.76. The topological polar surface area (TPSA) is 59.8 Å². The van der Waals surface area contributed by atoms with Gasteiger partial charge in [0.25, 0.3) is 5.91 Å². The fourth-order valence-electron chi connectivity index (χ4n) is 2.79. The van der Waals surface area contributed by atoms with Gasteiger partial charge in [-0.3, -0.25) is 4.79 Å². The van der Waals surface area contributed by atoms with Gasteiger partial charge in [-0.15, -0.1) is 10.2 Å². The van der Waals surface area contributed by atoms with Gasteiger partial charge in [0.1, 0.15) is 0 Å². The van der Waals surface area contributed by atoms with Gasteiger partial charge in [-0.05, 0) is 35.7 Å². The minimum absolute atomic E-state index is 0.113. The standard InChI is InChI=1S/C21H23ClN4OS/c1-14(2)18(23-20(27)16-7-5-4-6-8-16)19-24-25-21(26(19)3)28-13-15-9-11-17(22)12-10-15/h4-12,14,18H,13H2,1-3H3,(H,23,27)/t18-/m1/s1. The van der Waals surface area contributed by atoms with Gasteiger partial charge in [-0.2, -0.15) is 0 Å². The molecule has 146 valence electrons. The van der Waals surface area contributed by atoms with Crippen LogP contribution in [-0.4, -0.2) is 20.7 Å². The molecule has 7 heteroatoms. The smallest absolute Gasteiger partial charge is 0.251 e. The van der Waals surface area contributed by atoms with E-state index >= 15 is 0 Å². The molecule has 0 fully saturated rings. The first kappa shape index (κ1) is 20.4. The first-order chi connectivity index (χ1) is 13.5. The van der Waals surface area contributed by atoms with Gasteiger partial charge in [0.15, 0.2) is 11.0 Å². The van der Waals surface area contributed by atoms with Crippen molar-refractivity contribution < 1.29 is 4.79 Å². The molecule has 28 heavy (non-hydrogen) atoms. The molecule has 3 rings (SSSR count). The molecule has 5 nitrogen and oxygen atoms in total. The van der Waals surface area contributed by atoms with Crippen LogP contribution in [0, 0.1) is 5.92 Å². The Morgan fingerprint density at radius 3 is 2.43 bits per heavy atom. The van der Waals surface area contributed by atoms with Crippen molar-refractivity contribution in [3.8, 4) is 0 Å². The number of aromatic nitrogens is 3. The summed E-state index contributed by atoms with van der Waals surface area (Å²) in [5, 5.41) is 13.3. The lowest BCUT2D eigenvalue weighted by Crippen LogP contribution is -2.33. The van der Waals surface area contributed by atoms with E-state index in [4.69, 9.17) is 11.6 Å². The molecule has 1 atom stereocenters. The van der Waals surface area contributed by atoms with E-state index in [1.165, 1.54) is 0 Å². The van der Waals surface area contributed by atoms with Crippen molar-refractivity contribution in [3.05, 3.63) is 76.6 Å². The van der Waals surface area contributed by atoms with Gasteiger partial charge in [0, 0.05) is 23.4 Å². The zero-order valence-corrected chi connectivity index (χ0v) is 17.7. The average Bonchev–Trinajstić information content (AvgIpc) is 3.06. The molecule has 0 aliphatic heterocycles. The van der Waals surface area contributed by atoms with Crippen LogP contribution in [-0.2, 0) is 12.8 Å². The maximum absolute atomic E-state index is 12.6. The molecule has 0 saturated carbocycles. The molecule has 0 aliphatic rings. The number of benzene rings is 2. The Labute approximate surface area is 174 Å². The second-order valence-electron chi connectivity index (χ2n) is 6.88. The average molecular weight is 415 g/mol. The quantitative estimate of drug-likeness (QED) is 0.559. The fourth-order valence-corrected chi connectivity index (χ4v) is 3.79. The number of thioether (sulfide) groups is 1.